The molecule has 0 fully saturated rings. The summed E-state index contributed by atoms with van der Waals surface area (Å²) in [6, 6.07) is 14.8. The molecule has 0 aliphatic carbocycles. The van der Waals surface area contributed by atoms with E-state index in [9.17, 15) is 0 Å². The molecule has 0 radical (unpaired) electrons. The van der Waals surface area contributed by atoms with Gasteiger partial charge in [-0.05, 0) is 18.2 Å². The number of anilines is 2. The average molecular weight is 289 g/mol. The Bertz CT molecular complexity index is 797. The lowest BCUT2D eigenvalue weighted by molar-refractivity contribution is 0.463. The molecule has 106 valence electrons. The minimum Gasteiger partial charge on any atom is -0.439 e. The van der Waals surface area contributed by atoms with Crippen molar-refractivity contribution in [1.29, 1.82) is 5.26 Å². The van der Waals surface area contributed by atoms with Crippen LogP contribution >= 0.6 is 0 Å². The molecule has 6 nitrogen and oxygen atoms in total. The Hall–Kier alpha value is -3.46. The van der Waals surface area contributed by atoms with Crippen molar-refractivity contribution < 1.29 is 4.74 Å². The molecular weight excluding hydrogens is 278 g/mol. The largest absolute Gasteiger partial charge is 0.439 e. The number of nitrogens with zero attached hydrogens (tertiary/aromatic N) is 4. The van der Waals surface area contributed by atoms with Gasteiger partial charge >= 0.3 is 0 Å². The molecule has 1 aromatic carbocycles. The van der Waals surface area contributed by atoms with Gasteiger partial charge in [-0.25, -0.2) is 15.0 Å². The molecule has 2 heterocycles. The van der Waals surface area contributed by atoms with Crippen molar-refractivity contribution in [2.45, 2.75) is 0 Å². The summed E-state index contributed by atoms with van der Waals surface area (Å²) < 4.78 is 5.66. The van der Waals surface area contributed by atoms with E-state index in [1.54, 1.807) is 12.3 Å². The molecule has 3 aromatic rings. The van der Waals surface area contributed by atoms with E-state index in [0.29, 0.717) is 17.4 Å². The van der Waals surface area contributed by atoms with Crippen molar-refractivity contribution in [3.8, 4) is 17.7 Å². The highest BCUT2D eigenvalue weighted by Gasteiger charge is 2.01. The molecule has 0 unspecified atom stereocenters. The van der Waals surface area contributed by atoms with E-state index < -0.39 is 0 Å². The second-order valence-electron chi connectivity index (χ2n) is 4.32. The lowest BCUT2D eigenvalue weighted by Gasteiger charge is -2.08. The molecule has 0 saturated carbocycles. The van der Waals surface area contributed by atoms with Crippen LogP contribution in [0.1, 0.15) is 5.69 Å². The van der Waals surface area contributed by atoms with Crippen LogP contribution in [0.15, 0.2) is 61.1 Å². The lowest BCUT2D eigenvalue weighted by Crippen LogP contribution is -1.96. The van der Waals surface area contributed by atoms with Gasteiger partial charge in [0.15, 0.2) is 5.69 Å². The fraction of sp³-hybridized carbons (Fsp3) is 0. The molecule has 0 atom stereocenters. The SMILES string of the molecule is N#Cc1cnc(Nc2cccc(Oc3ccccn3)c2)cn1. The molecule has 22 heavy (non-hydrogen) atoms. The molecule has 0 amide bonds. The third kappa shape index (κ3) is 3.35. The number of hydrogen-bond donors (Lipinski definition) is 1. The van der Waals surface area contributed by atoms with E-state index in [4.69, 9.17) is 10.00 Å². The van der Waals surface area contributed by atoms with Gasteiger partial charge in [-0.2, -0.15) is 5.26 Å². The van der Waals surface area contributed by atoms with E-state index >= 15 is 0 Å². The van der Waals surface area contributed by atoms with Crippen molar-refractivity contribution in [3.63, 3.8) is 0 Å². The Morgan fingerprint density at radius 2 is 1.95 bits per heavy atom. The summed E-state index contributed by atoms with van der Waals surface area (Å²) >= 11 is 0. The molecule has 1 N–H and O–H groups in total. The summed E-state index contributed by atoms with van der Waals surface area (Å²) in [6.07, 6.45) is 4.59. The number of rotatable bonds is 4. The molecule has 0 aliphatic heterocycles. The molecule has 0 bridgehead atoms. The molecule has 0 saturated heterocycles. The third-order valence-electron chi connectivity index (χ3n) is 2.73. The van der Waals surface area contributed by atoms with Crippen molar-refractivity contribution in [2.24, 2.45) is 0 Å². The zero-order valence-corrected chi connectivity index (χ0v) is 11.5. The predicted molar refractivity (Wildman–Crippen MR) is 80.8 cm³/mol. The second-order valence-corrected chi connectivity index (χ2v) is 4.32. The van der Waals surface area contributed by atoms with E-state index in [1.165, 1.54) is 12.4 Å². The Labute approximate surface area is 127 Å². The van der Waals surface area contributed by atoms with Crippen molar-refractivity contribution >= 4 is 11.5 Å². The monoisotopic (exact) mass is 289 g/mol. The normalized spacial score (nSPS) is 9.77. The number of benzene rings is 1. The Morgan fingerprint density at radius 3 is 2.68 bits per heavy atom. The van der Waals surface area contributed by atoms with Gasteiger partial charge in [0.05, 0.1) is 12.4 Å². The number of pyridine rings is 1. The smallest absolute Gasteiger partial charge is 0.219 e. The summed E-state index contributed by atoms with van der Waals surface area (Å²) in [5.74, 6) is 1.73. The maximum atomic E-state index is 8.70. The van der Waals surface area contributed by atoms with E-state index in [0.717, 1.165) is 5.69 Å². The molecular formula is C16H11N5O. The number of hydrogen-bond acceptors (Lipinski definition) is 6. The quantitative estimate of drug-likeness (QED) is 0.793. The van der Waals surface area contributed by atoms with Gasteiger partial charge in [-0.15, -0.1) is 0 Å². The highest BCUT2D eigenvalue weighted by molar-refractivity contribution is 5.57. The van der Waals surface area contributed by atoms with E-state index in [1.807, 2.05) is 42.5 Å². The van der Waals surface area contributed by atoms with Crippen molar-refractivity contribution in [2.75, 3.05) is 5.32 Å². The van der Waals surface area contributed by atoms with Crippen molar-refractivity contribution in [3.05, 3.63) is 66.7 Å². The van der Waals surface area contributed by atoms with Gasteiger partial charge in [0.2, 0.25) is 5.88 Å². The highest BCUT2D eigenvalue weighted by Crippen LogP contribution is 2.23. The third-order valence-corrected chi connectivity index (χ3v) is 2.73. The summed E-state index contributed by atoms with van der Waals surface area (Å²) in [6.45, 7) is 0. The van der Waals surface area contributed by atoms with Gasteiger partial charge in [0.1, 0.15) is 17.6 Å². The number of nitrogens with one attached hydrogen (secondary N) is 1. The average Bonchev–Trinajstić information content (AvgIpc) is 2.57. The van der Waals surface area contributed by atoms with Gasteiger partial charge < -0.3 is 10.1 Å². The first-order chi connectivity index (χ1) is 10.8. The zero-order valence-electron chi connectivity index (χ0n) is 11.5. The summed E-state index contributed by atoms with van der Waals surface area (Å²) in [5.41, 5.74) is 1.07. The molecule has 3 rings (SSSR count). The first-order valence-corrected chi connectivity index (χ1v) is 6.51. The van der Waals surface area contributed by atoms with Gasteiger partial charge in [-0.3, -0.25) is 0 Å². The van der Waals surface area contributed by atoms with Crippen LogP contribution in [0.25, 0.3) is 0 Å². The van der Waals surface area contributed by atoms with Gasteiger partial charge in [0, 0.05) is 24.0 Å². The fourth-order valence-electron chi connectivity index (χ4n) is 1.76. The van der Waals surface area contributed by atoms with Crippen LogP contribution in [0.3, 0.4) is 0 Å². The van der Waals surface area contributed by atoms with Gasteiger partial charge in [0.25, 0.3) is 0 Å². The van der Waals surface area contributed by atoms with Gasteiger partial charge in [-0.1, -0.05) is 12.1 Å². The maximum absolute atomic E-state index is 8.70. The van der Waals surface area contributed by atoms with Crippen LogP contribution in [-0.4, -0.2) is 15.0 Å². The number of aromatic nitrogens is 3. The van der Waals surface area contributed by atoms with Crippen LogP contribution in [0.2, 0.25) is 0 Å². The Balaban J connectivity index is 1.74. The fourth-order valence-corrected chi connectivity index (χ4v) is 1.76. The first-order valence-electron chi connectivity index (χ1n) is 6.51. The summed E-state index contributed by atoms with van der Waals surface area (Å²) in [7, 11) is 0. The van der Waals surface area contributed by atoms with E-state index in [-0.39, 0.29) is 5.69 Å². The Kier molecular flexibility index (Phi) is 3.89. The number of nitriles is 1. The predicted octanol–water partition coefficient (Wildman–Crippen LogP) is 3.28. The minimum absolute atomic E-state index is 0.276. The Morgan fingerprint density at radius 1 is 1.00 bits per heavy atom. The highest BCUT2D eigenvalue weighted by atomic mass is 16.5. The maximum Gasteiger partial charge on any atom is 0.219 e. The van der Waals surface area contributed by atoms with Crippen LogP contribution in [0.4, 0.5) is 11.5 Å². The lowest BCUT2D eigenvalue weighted by atomic mass is 10.3. The zero-order chi connectivity index (χ0) is 15.2. The summed E-state index contributed by atoms with van der Waals surface area (Å²) in [4.78, 5) is 12.2. The van der Waals surface area contributed by atoms with Crippen LogP contribution in [0.5, 0.6) is 11.6 Å². The van der Waals surface area contributed by atoms with Crippen LogP contribution in [-0.2, 0) is 0 Å². The first kappa shape index (κ1) is 13.5. The molecule has 2 aromatic heterocycles. The topological polar surface area (TPSA) is 83.7 Å². The standard InChI is InChI=1S/C16H11N5O/c17-9-13-10-20-15(11-19-13)21-12-4-3-5-14(8-12)22-16-6-1-2-7-18-16/h1-8,10-11H,(H,20,21). The van der Waals surface area contributed by atoms with E-state index in [2.05, 4.69) is 20.3 Å². The molecule has 0 spiro atoms. The van der Waals surface area contributed by atoms with Crippen LogP contribution < -0.4 is 10.1 Å². The molecule has 0 aliphatic rings. The second kappa shape index (κ2) is 6.33. The summed E-state index contributed by atoms with van der Waals surface area (Å²) in [5, 5.41) is 11.8. The van der Waals surface area contributed by atoms with Crippen LogP contribution in [0, 0.1) is 11.3 Å². The molecule has 6 heteroatoms. The number of ether oxygens (including phenoxy) is 1. The minimum atomic E-state index is 0.276. The van der Waals surface area contributed by atoms with Crippen molar-refractivity contribution in [1.82, 2.24) is 15.0 Å².